The molecule has 2 fully saturated rings. The minimum absolute atomic E-state index is 0.00622. The van der Waals surface area contributed by atoms with Crippen LogP contribution in [0, 0.1) is 0 Å². The van der Waals surface area contributed by atoms with E-state index in [1.165, 1.54) is 23.0 Å². The summed E-state index contributed by atoms with van der Waals surface area (Å²) < 4.78 is 56.5. The molecule has 3 aromatic rings. The van der Waals surface area contributed by atoms with E-state index in [9.17, 15) is 47.9 Å². The molecule has 0 unspecified atom stereocenters. The molecule has 4 amide bonds. The van der Waals surface area contributed by atoms with Gasteiger partial charge in [-0.25, -0.2) is 47.9 Å². The highest BCUT2D eigenvalue weighted by atomic mass is 16.8. The van der Waals surface area contributed by atoms with Crippen molar-refractivity contribution < 1.29 is 100 Å². The predicted octanol–water partition coefficient (Wildman–Crippen LogP) is 14.2. The zero-order chi connectivity index (χ0) is 70.8. The highest BCUT2D eigenvalue weighted by Crippen LogP contribution is 2.33. The number of esters is 4. The zero-order valence-electron chi connectivity index (χ0n) is 57.8. The van der Waals surface area contributed by atoms with Gasteiger partial charge in [0.25, 0.3) is 0 Å². The molecule has 3 aromatic carbocycles. The van der Waals surface area contributed by atoms with E-state index in [-0.39, 0.29) is 44.7 Å². The van der Waals surface area contributed by atoms with Crippen molar-refractivity contribution in [3.63, 3.8) is 0 Å². The van der Waals surface area contributed by atoms with Gasteiger partial charge in [0.1, 0.15) is 65.6 Å². The first-order valence-electron chi connectivity index (χ1n) is 31.1. The van der Waals surface area contributed by atoms with E-state index in [1.54, 1.807) is 147 Å². The first kappa shape index (κ1) is 79.3. The van der Waals surface area contributed by atoms with Gasteiger partial charge in [0.2, 0.25) is 0 Å². The number of likely N-dealkylation sites (tertiary alicyclic amines) is 2. The van der Waals surface area contributed by atoms with Crippen LogP contribution in [0.1, 0.15) is 179 Å². The molecule has 24 nitrogen and oxygen atoms in total. The summed E-state index contributed by atoms with van der Waals surface area (Å²) in [5.74, 6) is -2.33. The van der Waals surface area contributed by atoms with Crippen molar-refractivity contribution in [1.29, 1.82) is 0 Å². The van der Waals surface area contributed by atoms with E-state index in [0.29, 0.717) is 54.6 Å². The predicted molar refractivity (Wildman–Crippen MR) is 345 cm³/mol. The summed E-state index contributed by atoms with van der Waals surface area (Å²) in [5, 5.41) is 0. The lowest BCUT2D eigenvalue weighted by atomic mass is 10.1. The third-order valence-electron chi connectivity index (χ3n) is 13.0. The lowest BCUT2D eigenvalue weighted by molar-refractivity contribution is -0.161. The molecule has 2 aliphatic rings. The number of ether oxygens (including phenoxy) is 11. The molecule has 2 heterocycles. The molecule has 2 saturated heterocycles. The van der Waals surface area contributed by atoms with Crippen LogP contribution >= 0.6 is 0 Å². The van der Waals surface area contributed by atoms with Gasteiger partial charge in [-0.05, 0) is 179 Å². The number of allylic oxidation sites excluding steroid dienone is 2. The van der Waals surface area contributed by atoms with Gasteiger partial charge < -0.3 is 52.1 Å². The smallest absolute Gasteiger partial charge is 0.466 e. The summed E-state index contributed by atoms with van der Waals surface area (Å²) >= 11 is 0. The molecule has 0 aromatic heterocycles. The number of benzene rings is 3. The van der Waals surface area contributed by atoms with Crippen LogP contribution in [0.4, 0.5) is 28.8 Å². The normalized spacial score (nSPS) is 16.6. The average Bonchev–Trinajstić information content (AvgIpc) is 1.63. The lowest BCUT2D eigenvalue weighted by Crippen LogP contribution is -2.47. The van der Waals surface area contributed by atoms with Crippen LogP contribution in [0.25, 0.3) is 0 Å². The van der Waals surface area contributed by atoms with Gasteiger partial charge in [-0.1, -0.05) is 103 Å². The maximum absolute atomic E-state index is 13.4. The minimum atomic E-state index is -1.14. The van der Waals surface area contributed by atoms with E-state index in [1.807, 2.05) is 60.7 Å². The fourth-order valence-electron chi connectivity index (χ4n) is 9.17. The quantitative estimate of drug-likeness (QED) is 0.0525. The molecule has 518 valence electrons. The second kappa shape index (κ2) is 36.5. The topological polar surface area (TPSA) is 282 Å². The van der Waals surface area contributed by atoms with Crippen LogP contribution in [0.3, 0.4) is 0 Å². The minimum Gasteiger partial charge on any atom is -0.466 e. The largest absolute Gasteiger partial charge is 0.519 e. The summed E-state index contributed by atoms with van der Waals surface area (Å²) in [6.07, 6.45) is 1.04. The highest BCUT2D eigenvalue weighted by Gasteiger charge is 2.45. The molecule has 0 saturated carbocycles. The molecule has 24 heteroatoms. The Bertz CT molecular complexity index is 3030. The molecule has 2 aliphatic heterocycles. The molecular weight excluding hydrogens is 1220 g/mol. The molecule has 0 aliphatic carbocycles. The highest BCUT2D eigenvalue weighted by molar-refractivity contribution is 6.01. The Morgan fingerprint density at radius 3 is 1.12 bits per heavy atom. The first-order valence-corrected chi connectivity index (χ1v) is 31.1. The second-order valence-electron chi connectivity index (χ2n) is 27.0. The Morgan fingerprint density at radius 1 is 0.436 bits per heavy atom. The Balaban J connectivity index is 0.000000425. The van der Waals surface area contributed by atoms with Crippen molar-refractivity contribution in [2.75, 3.05) is 14.2 Å². The average molecular weight is 1320 g/mol. The monoisotopic (exact) mass is 1320 g/mol. The fourth-order valence-corrected chi connectivity index (χ4v) is 9.17. The standard InChI is InChI=1S/C36H46N2O10.C24H33NO6.C10H18O5/c1-35(2,3)47-31(40)29-22-21-27(37(29)32(41)45-23-25-15-10-8-11-16-25)19-14-20-28(30(39)44-7)38(34(43)48-36(4,5)6)33(42)46-24-26-17-12-9-13-18-26;1-17(21(26)29-5)10-9-13-19-14-15-20(22(27)31-24(2,3)4)25(19)23(28)30-16-18-11-7-6-8-12-18;1-9(2,3)14-7(11)13-8(12)15-10(4,5)6/h8-13,15-18,20,27,29H,14,19,21-24H2,1-7H3;6-8,10-12,19-20H,9,13-16H2,1-5H3;1-6H3/b28-20+;17-10-;/t27-,29+;19-,20+;/m11./s1. The number of amides is 4. The van der Waals surface area contributed by atoms with Gasteiger partial charge in [0, 0.05) is 17.7 Å². The fraction of sp³-hybridized carbons (Fsp3) is 0.543. The van der Waals surface area contributed by atoms with Crippen LogP contribution in [-0.4, -0.2) is 142 Å². The Kier molecular flexibility index (Phi) is 30.8. The first-order chi connectivity index (χ1) is 43.7. The summed E-state index contributed by atoms with van der Waals surface area (Å²) in [6, 6.07) is 25.1. The van der Waals surface area contributed by atoms with Crippen molar-refractivity contribution in [2.24, 2.45) is 0 Å². The Morgan fingerprint density at radius 2 is 0.777 bits per heavy atom. The molecule has 94 heavy (non-hydrogen) atoms. The van der Waals surface area contributed by atoms with Crippen LogP contribution in [0.5, 0.6) is 0 Å². The third-order valence-corrected chi connectivity index (χ3v) is 13.0. The summed E-state index contributed by atoms with van der Waals surface area (Å²) in [6.45, 7) is 27.2. The molecule has 4 atom stereocenters. The number of hydrogen-bond donors (Lipinski definition) is 0. The van der Waals surface area contributed by atoms with Gasteiger partial charge in [-0.15, -0.1) is 0 Å². The van der Waals surface area contributed by atoms with Crippen molar-refractivity contribution in [3.8, 4) is 0 Å². The van der Waals surface area contributed by atoms with E-state index < -0.39 is 106 Å². The van der Waals surface area contributed by atoms with E-state index in [2.05, 4.69) is 4.74 Å². The van der Waals surface area contributed by atoms with Gasteiger partial charge in [0.05, 0.1) is 14.2 Å². The van der Waals surface area contributed by atoms with Gasteiger partial charge in [-0.3, -0.25) is 9.80 Å². The number of carbonyl (C=O) groups is 10. The van der Waals surface area contributed by atoms with Gasteiger partial charge in [0.15, 0.2) is 0 Å². The maximum atomic E-state index is 13.4. The van der Waals surface area contributed by atoms with Crippen LogP contribution in [0.2, 0.25) is 0 Å². The van der Waals surface area contributed by atoms with Crippen molar-refractivity contribution in [2.45, 2.75) is 234 Å². The van der Waals surface area contributed by atoms with Gasteiger partial charge in [-0.2, -0.15) is 4.90 Å². The van der Waals surface area contributed by atoms with E-state index in [4.69, 9.17) is 47.4 Å². The third kappa shape index (κ3) is 29.8. The maximum Gasteiger partial charge on any atom is 0.519 e. The van der Waals surface area contributed by atoms with Gasteiger partial charge >= 0.3 is 60.6 Å². The van der Waals surface area contributed by atoms with Crippen molar-refractivity contribution >= 4 is 60.6 Å². The van der Waals surface area contributed by atoms with Crippen molar-refractivity contribution in [1.82, 2.24) is 14.7 Å². The zero-order valence-corrected chi connectivity index (χ0v) is 57.8. The van der Waals surface area contributed by atoms with E-state index >= 15 is 0 Å². The molecule has 0 radical (unpaired) electrons. The molecule has 5 rings (SSSR count). The lowest BCUT2D eigenvalue weighted by Gasteiger charge is -2.30. The number of imide groups is 1. The SMILES string of the molecule is CC(C)(C)OC(=O)OC(=O)OC(C)(C)C.COC(=O)/C(=C\CC[C@@H]1CC[C@@H](C(=O)OC(C)(C)C)N1C(=O)OCc1ccccc1)N(C(=O)OCc1ccccc1)C(=O)OC(C)(C)C.COC(=O)/C(C)=C\CC[C@@H]1CC[C@@H](C(=O)OC(C)(C)C)N1C(=O)OCc1ccccc1. The number of methoxy groups -OCH3 is 2. The number of carbonyl (C=O) groups excluding carboxylic acids is 10. The van der Waals surface area contributed by atoms with Crippen LogP contribution in [0.15, 0.2) is 114 Å². The second-order valence-corrected chi connectivity index (χ2v) is 27.0. The summed E-state index contributed by atoms with van der Waals surface area (Å²) in [7, 11) is 2.46. The number of rotatable bonds is 17. The number of nitrogens with zero attached hydrogens (tertiary/aromatic N) is 3. The molecule has 0 N–H and O–H groups in total. The van der Waals surface area contributed by atoms with E-state index in [0.717, 1.165) is 18.2 Å². The summed E-state index contributed by atoms with van der Waals surface area (Å²) in [5.41, 5.74) is -1.39. The van der Waals surface area contributed by atoms with Crippen LogP contribution < -0.4 is 0 Å². The molecule has 0 bridgehead atoms. The van der Waals surface area contributed by atoms with Crippen LogP contribution in [-0.2, 0) is 91.1 Å². The Labute approximate surface area is 552 Å². The molecular formula is C70H97N3O21. The number of hydrogen-bond acceptors (Lipinski definition) is 21. The van der Waals surface area contributed by atoms with Crippen molar-refractivity contribution in [3.05, 3.63) is 131 Å². The molecule has 0 spiro atoms. The summed E-state index contributed by atoms with van der Waals surface area (Å²) in [4.78, 5) is 129. The Hall–Kier alpha value is -8.96.